The molecule has 1 saturated heterocycles. The third kappa shape index (κ3) is 3.90. The maximum absolute atomic E-state index is 13.9. The molecule has 0 aromatic carbocycles. The fraction of sp³-hybridized carbons (Fsp3) is 0.353. The Morgan fingerprint density at radius 3 is 2.87 bits per heavy atom. The van der Waals surface area contributed by atoms with Crippen molar-refractivity contribution in [2.45, 2.75) is 13.0 Å². The van der Waals surface area contributed by atoms with Gasteiger partial charge in [0, 0.05) is 31.7 Å². The molecule has 6 heteroatoms. The predicted octanol–water partition coefficient (Wildman–Crippen LogP) is 1.87. The Balaban J connectivity index is 1.81. The number of nitrogens with zero attached hydrogens (tertiary/aromatic N) is 3. The van der Waals surface area contributed by atoms with Crippen molar-refractivity contribution < 1.29 is 9.18 Å². The van der Waals surface area contributed by atoms with Crippen LogP contribution in [0, 0.1) is 11.7 Å². The van der Waals surface area contributed by atoms with Crippen LogP contribution in [-0.2, 0) is 6.54 Å². The number of carbonyl (C=O) groups is 1. The molecule has 2 aromatic rings. The second-order valence-corrected chi connectivity index (χ2v) is 5.76. The Hall–Kier alpha value is -2.34. The number of hydrogen-bond donors (Lipinski definition) is 1. The summed E-state index contributed by atoms with van der Waals surface area (Å²) in [5, 5.41) is 3.30. The van der Waals surface area contributed by atoms with Gasteiger partial charge < -0.3 is 10.2 Å². The average Bonchev–Trinajstić information content (AvgIpc) is 3.08. The van der Waals surface area contributed by atoms with Crippen molar-refractivity contribution >= 4 is 5.91 Å². The highest BCUT2D eigenvalue weighted by atomic mass is 19.1. The van der Waals surface area contributed by atoms with Gasteiger partial charge in [-0.2, -0.15) is 0 Å². The molecular formula is C17H19FN4O. The molecule has 1 amide bonds. The zero-order valence-electron chi connectivity index (χ0n) is 12.8. The molecule has 1 fully saturated rings. The molecule has 23 heavy (non-hydrogen) atoms. The van der Waals surface area contributed by atoms with Gasteiger partial charge >= 0.3 is 0 Å². The lowest BCUT2D eigenvalue weighted by Crippen LogP contribution is -2.36. The van der Waals surface area contributed by atoms with Crippen molar-refractivity contribution in [2.75, 3.05) is 19.6 Å². The van der Waals surface area contributed by atoms with Crippen molar-refractivity contribution in [3.63, 3.8) is 0 Å². The van der Waals surface area contributed by atoms with Gasteiger partial charge in [-0.3, -0.25) is 14.8 Å². The standard InChI is InChI=1S/C17H19FN4O/c18-16-10-21-7-4-15(16)17(23)22(12-14-3-6-20-9-14)11-13-2-1-5-19-8-13/h1-2,4-5,7-8,10,14,20H,3,6,9,11-12H2/t14-/m1/s1. The van der Waals surface area contributed by atoms with E-state index in [-0.39, 0.29) is 11.5 Å². The molecule has 3 rings (SSSR count). The molecule has 1 N–H and O–H groups in total. The van der Waals surface area contributed by atoms with Crippen LogP contribution in [0.5, 0.6) is 0 Å². The van der Waals surface area contributed by atoms with Gasteiger partial charge in [0.1, 0.15) is 0 Å². The molecule has 0 saturated carbocycles. The average molecular weight is 314 g/mol. The molecule has 2 aromatic heterocycles. The lowest BCUT2D eigenvalue weighted by atomic mass is 10.1. The zero-order chi connectivity index (χ0) is 16.1. The normalized spacial score (nSPS) is 17.2. The van der Waals surface area contributed by atoms with E-state index in [0.717, 1.165) is 31.3 Å². The number of nitrogens with one attached hydrogen (secondary N) is 1. The second kappa shape index (κ2) is 7.28. The molecule has 0 unspecified atom stereocenters. The van der Waals surface area contributed by atoms with E-state index < -0.39 is 5.82 Å². The molecule has 1 atom stereocenters. The maximum atomic E-state index is 13.9. The molecule has 0 aliphatic carbocycles. The Labute approximate surface area is 134 Å². The van der Waals surface area contributed by atoms with Gasteiger partial charge in [0.15, 0.2) is 5.82 Å². The Morgan fingerprint density at radius 2 is 2.17 bits per heavy atom. The van der Waals surface area contributed by atoms with Crippen LogP contribution in [0.4, 0.5) is 4.39 Å². The number of halogens is 1. The topological polar surface area (TPSA) is 58.1 Å². The number of rotatable bonds is 5. The second-order valence-electron chi connectivity index (χ2n) is 5.76. The molecule has 5 nitrogen and oxygen atoms in total. The van der Waals surface area contributed by atoms with E-state index in [4.69, 9.17) is 0 Å². The van der Waals surface area contributed by atoms with Gasteiger partial charge in [0.25, 0.3) is 5.91 Å². The summed E-state index contributed by atoms with van der Waals surface area (Å²) in [4.78, 5) is 22.3. The van der Waals surface area contributed by atoms with Crippen molar-refractivity contribution in [3.8, 4) is 0 Å². The molecule has 0 spiro atoms. The molecular weight excluding hydrogens is 295 g/mol. The summed E-state index contributed by atoms with van der Waals surface area (Å²) in [5.74, 6) is -0.501. The Kier molecular flexibility index (Phi) is 4.92. The summed E-state index contributed by atoms with van der Waals surface area (Å²) in [7, 11) is 0. The van der Waals surface area contributed by atoms with Gasteiger partial charge in [-0.05, 0) is 43.1 Å². The van der Waals surface area contributed by atoms with Gasteiger partial charge in [0.05, 0.1) is 11.8 Å². The first-order valence-corrected chi connectivity index (χ1v) is 7.72. The van der Waals surface area contributed by atoms with Crippen LogP contribution in [0.25, 0.3) is 0 Å². The predicted molar refractivity (Wildman–Crippen MR) is 84.1 cm³/mol. The van der Waals surface area contributed by atoms with Crippen LogP contribution < -0.4 is 5.32 Å². The van der Waals surface area contributed by atoms with Gasteiger partial charge in [-0.15, -0.1) is 0 Å². The molecule has 0 radical (unpaired) electrons. The largest absolute Gasteiger partial charge is 0.334 e. The van der Waals surface area contributed by atoms with E-state index >= 15 is 0 Å². The lowest BCUT2D eigenvalue weighted by molar-refractivity contribution is 0.0713. The zero-order valence-corrected chi connectivity index (χ0v) is 12.8. The number of amides is 1. The van der Waals surface area contributed by atoms with Crippen LogP contribution in [0.2, 0.25) is 0 Å². The fourth-order valence-electron chi connectivity index (χ4n) is 2.83. The smallest absolute Gasteiger partial charge is 0.257 e. The molecule has 0 bridgehead atoms. The minimum atomic E-state index is -0.585. The highest BCUT2D eigenvalue weighted by Gasteiger charge is 2.24. The van der Waals surface area contributed by atoms with Crippen molar-refractivity contribution in [1.29, 1.82) is 0 Å². The van der Waals surface area contributed by atoms with E-state index in [1.165, 1.54) is 12.3 Å². The number of pyridine rings is 2. The fourth-order valence-corrected chi connectivity index (χ4v) is 2.83. The number of hydrogen-bond acceptors (Lipinski definition) is 4. The molecule has 1 aliphatic rings. The summed E-state index contributed by atoms with van der Waals surface area (Å²) in [6, 6.07) is 5.19. The van der Waals surface area contributed by atoms with Crippen molar-refractivity contribution in [1.82, 2.24) is 20.2 Å². The first-order chi connectivity index (χ1) is 11.2. The monoisotopic (exact) mass is 314 g/mol. The summed E-state index contributed by atoms with van der Waals surface area (Å²) in [6.45, 7) is 2.87. The third-order valence-corrected chi connectivity index (χ3v) is 4.03. The first kappa shape index (κ1) is 15.6. The molecule has 120 valence electrons. The van der Waals surface area contributed by atoms with E-state index in [1.807, 2.05) is 12.1 Å². The summed E-state index contributed by atoms with van der Waals surface area (Å²) < 4.78 is 13.9. The minimum Gasteiger partial charge on any atom is -0.334 e. The van der Waals surface area contributed by atoms with Crippen LogP contribution in [0.3, 0.4) is 0 Å². The molecule has 3 heterocycles. The Bertz CT molecular complexity index is 659. The highest BCUT2D eigenvalue weighted by Crippen LogP contribution is 2.16. The summed E-state index contributed by atoms with van der Waals surface area (Å²) in [6.07, 6.45) is 6.97. The molecule has 1 aliphatic heterocycles. The third-order valence-electron chi connectivity index (χ3n) is 4.03. The lowest BCUT2D eigenvalue weighted by Gasteiger charge is -2.25. The maximum Gasteiger partial charge on any atom is 0.257 e. The minimum absolute atomic E-state index is 0.0647. The summed E-state index contributed by atoms with van der Waals surface area (Å²) in [5.41, 5.74) is 0.996. The SMILES string of the molecule is O=C(c1ccncc1F)N(Cc1cccnc1)C[C@@H]1CCNC1. The number of carbonyl (C=O) groups excluding carboxylic acids is 1. The van der Waals surface area contributed by atoms with Gasteiger partial charge in [0.2, 0.25) is 0 Å². The van der Waals surface area contributed by atoms with E-state index in [2.05, 4.69) is 15.3 Å². The van der Waals surface area contributed by atoms with Crippen LogP contribution in [-0.4, -0.2) is 40.4 Å². The first-order valence-electron chi connectivity index (χ1n) is 7.72. The quantitative estimate of drug-likeness (QED) is 0.915. The van der Waals surface area contributed by atoms with Crippen molar-refractivity contribution in [2.24, 2.45) is 5.92 Å². The van der Waals surface area contributed by atoms with Crippen LogP contribution >= 0.6 is 0 Å². The van der Waals surface area contributed by atoms with Gasteiger partial charge in [-0.25, -0.2) is 4.39 Å². The highest BCUT2D eigenvalue weighted by molar-refractivity contribution is 5.94. The number of aromatic nitrogens is 2. The Morgan fingerprint density at radius 1 is 1.30 bits per heavy atom. The van der Waals surface area contributed by atoms with Crippen LogP contribution in [0.15, 0.2) is 43.0 Å². The van der Waals surface area contributed by atoms with Gasteiger partial charge in [-0.1, -0.05) is 6.07 Å². The van der Waals surface area contributed by atoms with E-state index in [9.17, 15) is 9.18 Å². The van der Waals surface area contributed by atoms with Crippen LogP contribution in [0.1, 0.15) is 22.3 Å². The van der Waals surface area contributed by atoms with E-state index in [0.29, 0.717) is 19.0 Å². The van der Waals surface area contributed by atoms with E-state index in [1.54, 1.807) is 17.3 Å². The summed E-state index contributed by atoms with van der Waals surface area (Å²) >= 11 is 0. The van der Waals surface area contributed by atoms with Crippen molar-refractivity contribution in [3.05, 3.63) is 59.9 Å².